The Morgan fingerprint density at radius 3 is 2.65 bits per heavy atom. The van der Waals surface area contributed by atoms with Crippen LogP contribution in [0.5, 0.6) is 0 Å². The van der Waals surface area contributed by atoms with E-state index in [-0.39, 0.29) is 0 Å². The lowest BCUT2D eigenvalue weighted by Crippen LogP contribution is -2.46. The number of aryl methyl sites for hydroxylation is 1. The minimum absolute atomic E-state index is 0.667. The van der Waals surface area contributed by atoms with Gasteiger partial charge >= 0.3 is 0 Å². The summed E-state index contributed by atoms with van der Waals surface area (Å²) in [5.74, 6) is 2.66. The summed E-state index contributed by atoms with van der Waals surface area (Å²) in [4.78, 5) is 18.2. The smallest absolute Gasteiger partial charge is 0.134 e. The highest BCUT2D eigenvalue weighted by Crippen LogP contribution is 2.18. The summed E-state index contributed by atoms with van der Waals surface area (Å²) in [6, 6.07) is 7.96. The average molecular weight is 312 g/mol. The van der Waals surface area contributed by atoms with E-state index in [2.05, 4.69) is 37.0 Å². The molecule has 0 spiro atoms. The zero-order valence-electron chi connectivity index (χ0n) is 13.9. The first kappa shape index (κ1) is 15.7. The second kappa shape index (κ2) is 7.37. The summed E-state index contributed by atoms with van der Waals surface area (Å²) in [7, 11) is 0. The Hall–Kier alpha value is -2.21. The van der Waals surface area contributed by atoms with Gasteiger partial charge in [0.15, 0.2) is 0 Å². The van der Waals surface area contributed by atoms with Crippen molar-refractivity contribution in [2.45, 2.75) is 20.4 Å². The number of hydrogen-bond acceptors (Lipinski definition) is 6. The molecule has 0 amide bonds. The first-order valence-electron chi connectivity index (χ1n) is 8.21. The number of anilines is 2. The van der Waals surface area contributed by atoms with Crippen molar-refractivity contribution in [2.24, 2.45) is 0 Å². The van der Waals surface area contributed by atoms with Crippen LogP contribution < -0.4 is 10.2 Å². The summed E-state index contributed by atoms with van der Waals surface area (Å²) >= 11 is 0. The van der Waals surface area contributed by atoms with Crippen LogP contribution in [0.25, 0.3) is 0 Å². The topological polar surface area (TPSA) is 57.2 Å². The number of hydrogen-bond donors (Lipinski definition) is 1. The maximum Gasteiger partial charge on any atom is 0.134 e. The zero-order chi connectivity index (χ0) is 16.1. The molecule has 0 saturated carbocycles. The predicted octanol–water partition coefficient (Wildman–Crippen LogP) is 1.93. The molecule has 0 bridgehead atoms. The molecule has 0 atom stereocenters. The first-order chi connectivity index (χ1) is 11.2. The van der Waals surface area contributed by atoms with Gasteiger partial charge in [0.2, 0.25) is 0 Å². The summed E-state index contributed by atoms with van der Waals surface area (Å²) in [5, 5.41) is 3.35. The van der Waals surface area contributed by atoms with Gasteiger partial charge in [-0.1, -0.05) is 13.0 Å². The normalized spacial score (nSPS) is 15.7. The van der Waals surface area contributed by atoms with Gasteiger partial charge in [-0.25, -0.2) is 9.97 Å². The van der Waals surface area contributed by atoms with E-state index in [4.69, 9.17) is 0 Å². The number of aromatic nitrogens is 3. The molecule has 2 aromatic rings. The minimum Gasteiger partial charge on any atom is -0.364 e. The Kier molecular flexibility index (Phi) is 5.02. The summed E-state index contributed by atoms with van der Waals surface area (Å²) < 4.78 is 0. The van der Waals surface area contributed by atoms with Crippen LogP contribution in [0.2, 0.25) is 0 Å². The maximum atomic E-state index is 4.60. The highest BCUT2D eigenvalue weighted by atomic mass is 15.3. The van der Waals surface area contributed by atoms with Crippen LogP contribution in [0, 0.1) is 6.92 Å². The molecule has 1 aliphatic heterocycles. The molecule has 1 fully saturated rings. The summed E-state index contributed by atoms with van der Waals surface area (Å²) in [6.07, 6.45) is 1.81. The van der Waals surface area contributed by atoms with E-state index in [9.17, 15) is 0 Å². The van der Waals surface area contributed by atoms with Crippen molar-refractivity contribution < 1.29 is 0 Å². The van der Waals surface area contributed by atoms with E-state index in [1.54, 1.807) is 6.20 Å². The van der Waals surface area contributed by atoms with Crippen LogP contribution in [0.1, 0.15) is 18.4 Å². The van der Waals surface area contributed by atoms with E-state index < -0.39 is 0 Å². The highest BCUT2D eigenvalue weighted by Gasteiger charge is 2.17. The van der Waals surface area contributed by atoms with Gasteiger partial charge < -0.3 is 15.1 Å². The van der Waals surface area contributed by atoms with Gasteiger partial charge in [0.25, 0.3) is 0 Å². The number of nitrogens with zero attached hydrogens (tertiary/aromatic N) is 5. The second-order valence-electron chi connectivity index (χ2n) is 5.75. The standard InChI is InChI=1S/C17H24N6/c1-3-22-8-10-23(11-9-22)17-12-16(20-14(2)21-17)19-13-15-6-4-5-7-18-15/h4-7,12H,3,8-11,13H2,1-2H3,(H,19,20,21). The van der Waals surface area contributed by atoms with Crippen molar-refractivity contribution in [3.8, 4) is 0 Å². The SMILES string of the molecule is CCN1CCN(c2cc(NCc3ccccn3)nc(C)n2)CC1. The van der Waals surface area contributed by atoms with Gasteiger partial charge in [0.05, 0.1) is 12.2 Å². The van der Waals surface area contributed by atoms with Gasteiger partial charge in [-0.15, -0.1) is 0 Å². The third-order valence-electron chi connectivity index (χ3n) is 4.14. The lowest BCUT2D eigenvalue weighted by atomic mass is 10.3. The van der Waals surface area contributed by atoms with Crippen molar-refractivity contribution in [3.63, 3.8) is 0 Å². The quantitative estimate of drug-likeness (QED) is 0.910. The Morgan fingerprint density at radius 2 is 1.96 bits per heavy atom. The molecule has 0 unspecified atom stereocenters. The van der Waals surface area contributed by atoms with Gasteiger partial charge in [0, 0.05) is 38.4 Å². The van der Waals surface area contributed by atoms with Crippen LogP contribution >= 0.6 is 0 Å². The van der Waals surface area contributed by atoms with Crippen LogP contribution in [0.3, 0.4) is 0 Å². The van der Waals surface area contributed by atoms with Crippen molar-refractivity contribution in [1.82, 2.24) is 19.9 Å². The molecule has 23 heavy (non-hydrogen) atoms. The fourth-order valence-corrected chi connectivity index (χ4v) is 2.78. The molecule has 1 saturated heterocycles. The van der Waals surface area contributed by atoms with E-state index in [1.807, 2.05) is 31.2 Å². The molecule has 1 N–H and O–H groups in total. The summed E-state index contributed by atoms with van der Waals surface area (Å²) in [6.45, 7) is 10.2. The number of rotatable bonds is 5. The molecule has 2 aromatic heterocycles. The molecule has 0 aromatic carbocycles. The molecule has 3 rings (SSSR count). The molecule has 6 heteroatoms. The molecule has 1 aliphatic rings. The Labute approximate surface area is 137 Å². The van der Waals surface area contributed by atoms with Gasteiger partial charge in [0.1, 0.15) is 17.5 Å². The molecular weight excluding hydrogens is 288 g/mol. The van der Waals surface area contributed by atoms with Gasteiger partial charge in [-0.05, 0) is 25.6 Å². The number of nitrogens with one attached hydrogen (secondary N) is 1. The van der Waals surface area contributed by atoms with Crippen LogP contribution in [0.15, 0.2) is 30.5 Å². The van der Waals surface area contributed by atoms with Gasteiger partial charge in [-0.2, -0.15) is 0 Å². The molecule has 3 heterocycles. The monoisotopic (exact) mass is 312 g/mol. The van der Waals surface area contributed by atoms with Crippen molar-refractivity contribution in [3.05, 3.63) is 42.0 Å². The third kappa shape index (κ3) is 4.16. The maximum absolute atomic E-state index is 4.60. The molecule has 0 radical (unpaired) electrons. The van der Waals surface area contributed by atoms with Gasteiger partial charge in [-0.3, -0.25) is 4.98 Å². The predicted molar refractivity (Wildman–Crippen MR) is 92.7 cm³/mol. The lowest BCUT2D eigenvalue weighted by Gasteiger charge is -2.34. The Balaban J connectivity index is 1.67. The van der Waals surface area contributed by atoms with E-state index in [0.29, 0.717) is 6.54 Å². The first-order valence-corrected chi connectivity index (χ1v) is 8.21. The summed E-state index contributed by atoms with van der Waals surface area (Å²) in [5.41, 5.74) is 1.00. The lowest BCUT2D eigenvalue weighted by molar-refractivity contribution is 0.270. The molecule has 6 nitrogen and oxygen atoms in total. The molecular formula is C17H24N6. The van der Waals surface area contributed by atoms with E-state index in [1.165, 1.54) is 0 Å². The Bertz CT molecular complexity index is 622. The fraction of sp³-hybridized carbons (Fsp3) is 0.471. The third-order valence-corrected chi connectivity index (χ3v) is 4.14. The molecule has 0 aliphatic carbocycles. The fourth-order valence-electron chi connectivity index (χ4n) is 2.78. The number of pyridine rings is 1. The van der Waals surface area contributed by atoms with E-state index >= 15 is 0 Å². The average Bonchev–Trinajstić information content (AvgIpc) is 2.60. The Morgan fingerprint density at radius 1 is 1.13 bits per heavy atom. The van der Waals surface area contributed by atoms with E-state index in [0.717, 1.165) is 55.9 Å². The van der Waals surface area contributed by atoms with Crippen LogP contribution in [0.4, 0.5) is 11.6 Å². The number of piperazine rings is 1. The second-order valence-corrected chi connectivity index (χ2v) is 5.75. The van der Waals surface area contributed by atoms with Crippen LogP contribution in [-0.2, 0) is 6.54 Å². The number of likely N-dealkylation sites (N-methyl/N-ethyl adjacent to an activating group) is 1. The van der Waals surface area contributed by atoms with Crippen molar-refractivity contribution >= 4 is 11.6 Å². The molecule has 122 valence electrons. The zero-order valence-corrected chi connectivity index (χ0v) is 13.9. The largest absolute Gasteiger partial charge is 0.364 e. The van der Waals surface area contributed by atoms with Crippen molar-refractivity contribution in [1.29, 1.82) is 0 Å². The van der Waals surface area contributed by atoms with Crippen LogP contribution in [-0.4, -0.2) is 52.6 Å². The highest BCUT2D eigenvalue weighted by molar-refractivity contribution is 5.49. The minimum atomic E-state index is 0.667. The van der Waals surface area contributed by atoms with Crippen molar-refractivity contribution in [2.75, 3.05) is 42.9 Å².